The standard InChI is InChI=1S/C17H25NO/c1-13(2)12-18(16-9-10-16)17(19)11-8-15-6-4-14(3)5-7-15/h4-7,13,16H,8-12H2,1-3H3. The van der Waals surface area contributed by atoms with Crippen LogP contribution in [0.25, 0.3) is 0 Å². The maximum Gasteiger partial charge on any atom is 0.223 e. The molecule has 1 aliphatic rings. The molecule has 19 heavy (non-hydrogen) atoms. The molecule has 2 rings (SSSR count). The van der Waals surface area contributed by atoms with Gasteiger partial charge in [-0.2, -0.15) is 0 Å². The van der Waals surface area contributed by atoms with Gasteiger partial charge >= 0.3 is 0 Å². The molecule has 0 spiro atoms. The Morgan fingerprint density at radius 3 is 2.42 bits per heavy atom. The third kappa shape index (κ3) is 4.38. The van der Waals surface area contributed by atoms with Gasteiger partial charge in [0.2, 0.25) is 5.91 Å². The van der Waals surface area contributed by atoms with Crippen molar-refractivity contribution in [3.8, 4) is 0 Å². The first kappa shape index (κ1) is 14.1. The van der Waals surface area contributed by atoms with Crippen molar-refractivity contribution in [3.63, 3.8) is 0 Å². The summed E-state index contributed by atoms with van der Waals surface area (Å²) < 4.78 is 0. The highest BCUT2D eigenvalue weighted by Crippen LogP contribution is 2.28. The van der Waals surface area contributed by atoms with E-state index >= 15 is 0 Å². The van der Waals surface area contributed by atoms with Gasteiger partial charge in [0, 0.05) is 19.0 Å². The van der Waals surface area contributed by atoms with Crippen molar-refractivity contribution in [3.05, 3.63) is 35.4 Å². The van der Waals surface area contributed by atoms with Crippen molar-refractivity contribution < 1.29 is 4.79 Å². The SMILES string of the molecule is Cc1ccc(CCC(=O)N(CC(C)C)C2CC2)cc1. The van der Waals surface area contributed by atoms with E-state index in [-0.39, 0.29) is 0 Å². The molecule has 0 N–H and O–H groups in total. The van der Waals surface area contributed by atoms with Crippen LogP contribution in [-0.4, -0.2) is 23.4 Å². The van der Waals surface area contributed by atoms with Crippen molar-refractivity contribution in [2.45, 2.75) is 52.5 Å². The predicted octanol–water partition coefficient (Wildman–Crippen LogP) is 3.57. The Balaban J connectivity index is 1.86. The van der Waals surface area contributed by atoms with Crippen molar-refractivity contribution >= 4 is 5.91 Å². The van der Waals surface area contributed by atoms with Gasteiger partial charge in [-0.1, -0.05) is 43.7 Å². The molecule has 2 heteroatoms. The van der Waals surface area contributed by atoms with Crippen LogP contribution in [0.4, 0.5) is 0 Å². The molecule has 1 aromatic carbocycles. The molecule has 1 aromatic rings. The van der Waals surface area contributed by atoms with Crippen LogP contribution in [0.15, 0.2) is 24.3 Å². The third-order valence-corrected chi connectivity index (χ3v) is 3.62. The highest BCUT2D eigenvalue weighted by molar-refractivity contribution is 5.77. The summed E-state index contributed by atoms with van der Waals surface area (Å²) in [5.41, 5.74) is 2.54. The van der Waals surface area contributed by atoms with Gasteiger partial charge < -0.3 is 4.90 Å². The molecule has 0 aromatic heterocycles. The topological polar surface area (TPSA) is 20.3 Å². The molecule has 1 aliphatic carbocycles. The molecule has 1 saturated carbocycles. The van der Waals surface area contributed by atoms with Gasteiger partial charge in [-0.25, -0.2) is 0 Å². The van der Waals surface area contributed by atoms with E-state index in [0.717, 1.165) is 13.0 Å². The van der Waals surface area contributed by atoms with Gasteiger partial charge in [0.1, 0.15) is 0 Å². The summed E-state index contributed by atoms with van der Waals surface area (Å²) in [7, 11) is 0. The second-order valence-electron chi connectivity index (χ2n) is 6.16. The fourth-order valence-corrected chi connectivity index (χ4v) is 2.38. The van der Waals surface area contributed by atoms with Crippen molar-refractivity contribution in [1.29, 1.82) is 0 Å². The fourth-order valence-electron chi connectivity index (χ4n) is 2.38. The predicted molar refractivity (Wildman–Crippen MR) is 79.1 cm³/mol. The second kappa shape index (κ2) is 6.23. The molecule has 2 nitrogen and oxygen atoms in total. The minimum Gasteiger partial charge on any atom is -0.339 e. The zero-order chi connectivity index (χ0) is 13.8. The van der Waals surface area contributed by atoms with Crippen molar-refractivity contribution in [1.82, 2.24) is 4.90 Å². The molecule has 0 aliphatic heterocycles. The first-order valence-electron chi connectivity index (χ1n) is 7.41. The molecule has 1 amide bonds. The summed E-state index contributed by atoms with van der Waals surface area (Å²) in [6, 6.07) is 9.03. The van der Waals surface area contributed by atoms with Crippen LogP contribution in [0.5, 0.6) is 0 Å². The van der Waals surface area contributed by atoms with E-state index < -0.39 is 0 Å². The lowest BCUT2D eigenvalue weighted by Crippen LogP contribution is -2.36. The van der Waals surface area contributed by atoms with Gasteiger partial charge in [-0.05, 0) is 37.7 Å². The van der Waals surface area contributed by atoms with Crippen LogP contribution in [0.2, 0.25) is 0 Å². The monoisotopic (exact) mass is 259 g/mol. The highest BCUT2D eigenvalue weighted by Gasteiger charge is 2.32. The molecule has 104 valence electrons. The Hall–Kier alpha value is -1.31. The van der Waals surface area contributed by atoms with Crippen LogP contribution >= 0.6 is 0 Å². The van der Waals surface area contributed by atoms with Crippen LogP contribution < -0.4 is 0 Å². The van der Waals surface area contributed by atoms with Crippen LogP contribution in [0.1, 0.15) is 44.2 Å². The van der Waals surface area contributed by atoms with E-state index in [1.54, 1.807) is 0 Å². The Morgan fingerprint density at radius 2 is 1.89 bits per heavy atom. The van der Waals surface area contributed by atoms with E-state index in [1.165, 1.54) is 24.0 Å². The van der Waals surface area contributed by atoms with Crippen LogP contribution in [-0.2, 0) is 11.2 Å². The summed E-state index contributed by atoms with van der Waals surface area (Å²) in [6.45, 7) is 7.37. The molecular formula is C17H25NO. The number of carbonyl (C=O) groups excluding carboxylic acids is 1. The molecule has 0 heterocycles. The number of aryl methyl sites for hydroxylation is 2. The van der Waals surface area contributed by atoms with E-state index in [1.807, 2.05) is 0 Å². The molecule has 0 saturated heterocycles. The number of carbonyl (C=O) groups is 1. The molecule has 0 bridgehead atoms. The van der Waals surface area contributed by atoms with Crippen LogP contribution in [0.3, 0.4) is 0 Å². The molecule has 1 fully saturated rings. The maximum atomic E-state index is 12.3. The number of benzene rings is 1. The Morgan fingerprint density at radius 1 is 1.26 bits per heavy atom. The average molecular weight is 259 g/mol. The normalized spacial score (nSPS) is 14.7. The second-order valence-corrected chi connectivity index (χ2v) is 6.16. The van der Waals surface area contributed by atoms with E-state index in [9.17, 15) is 4.79 Å². The van der Waals surface area contributed by atoms with E-state index in [4.69, 9.17) is 0 Å². The quantitative estimate of drug-likeness (QED) is 0.764. The van der Waals surface area contributed by atoms with E-state index in [0.29, 0.717) is 24.3 Å². The number of amides is 1. The lowest BCUT2D eigenvalue weighted by atomic mass is 10.1. The van der Waals surface area contributed by atoms with Gasteiger partial charge in [-0.3, -0.25) is 4.79 Å². The summed E-state index contributed by atoms with van der Waals surface area (Å²) >= 11 is 0. The summed E-state index contributed by atoms with van der Waals surface area (Å²) in [6.07, 6.45) is 3.90. The Bertz CT molecular complexity index is 417. The van der Waals surface area contributed by atoms with Crippen molar-refractivity contribution in [2.75, 3.05) is 6.54 Å². The maximum absolute atomic E-state index is 12.3. The third-order valence-electron chi connectivity index (χ3n) is 3.62. The summed E-state index contributed by atoms with van der Waals surface area (Å²) in [4.78, 5) is 14.4. The average Bonchev–Trinajstić information content (AvgIpc) is 3.19. The minimum atomic E-state index is 0.330. The Kier molecular flexibility index (Phi) is 4.62. The lowest BCUT2D eigenvalue weighted by molar-refractivity contribution is -0.132. The zero-order valence-electron chi connectivity index (χ0n) is 12.4. The first-order valence-corrected chi connectivity index (χ1v) is 7.41. The molecule has 0 unspecified atom stereocenters. The van der Waals surface area contributed by atoms with Crippen LogP contribution in [0, 0.1) is 12.8 Å². The zero-order valence-corrected chi connectivity index (χ0v) is 12.4. The van der Waals surface area contributed by atoms with E-state index in [2.05, 4.69) is 49.9 Å². The first-order chi connectivity index (χ1) is 9.06. The lowest BCUT2D eigenvalue weighted by Gasteiger charge is -2.24. The minimum absolute atomic E-state index is 0.330. The fraction of sp³-hybridized carbons (Fsp3) is 0.588. The molecule has 0 radical (unpaired) electrons. The number of rotatable bonds is 6. The molecular weight excluding hydrogens is 234 g/mol. The highest BCUT2D eigenvalue weighted by atomic mass is 16.2. The Labute approximate surface area is 116 Å². The largest absolute Gasteiger partial charge is 0.339 e. The summed E-state index contributed by atoms with van der Waals surface area (Å²) in [5, 5.41) is 0. The number of hydrogen-bond acceptors (Lipinski definition) is 1. The van der Waals surface area contributed by atoms with Gasteiger partial charge in [0.05, 0.1) is 0 Å². The van der Waals surface area contributed by atoms with Gasteiger partial charge in [0.25, 0.3) is 0 Å². The number of nitrogens with zero attached hydrogens (tertiary/aromatic N) is 1. The van der Waals surface area contributed by atoms with Gasteiger partial charge in [-0.15, -0.1) is 0 Å². The molecule has 0 atom stereocenters. The van der Waals surface area contributed by atoms with Gasteiger partial charge in [0.15, 0.2) is 0 Å². The number of hydrogen-bond donors (Lipinski definition) is 0. The smallest absolute Gasteiger partial charge is 0.223 e. The summed E-state index contributed by atoms with van der Waals surface area (Å²) in [5.74, 6) is 0.890. The van der Waals surface area contributed by atoms with Crippen molar-refractivity contribution in [2.24, 2.45) is 5.92 Å².